The molecule has 1 unspecified atom stereocenters. The first kappa shape index (κ1) is 13.8. The highest BCUT2D eigenvalue weighted by Crippen LogP contribution is 2.15. The lowest BCUT2D eigenvalue weighted by Gasteiger charge is -2.13. The van der Waals surface area contributed by atoms with Crippen molar-refractivity contribution in [3.8, 4) is 0 Å². The smallest absolute Gasteiger partial charge is 0.0620 e. The molecule has 2 rings (SSSR count). The second kappa shape index (κ2) is 6.03. The number of hydrogen-bond donors (Lipinski definition) is 1. The molecule has 1 atom stereocenters. The van der Waals surface area contributed by atoms with Gasteiger partial charge < -0.3 is 5.11 Å². The van der Waals surface area contributed by atoms with Crippen molar-refractivity contribution in [2.24, 2.45) is 0 Å². The minimum atomic E-state index is -0.316. The van der Waals surface area contributed by atoms with Gasteiger partial charge in [0.1, 0.15) is 0 Å². The van der Waals surface area contributed by atoms with E-state index in [0.717, 1.165) is 12.8 Å². The zero-order valence-electron chi connectivity index (χ0n) is 12.0. The van der Waals surface area contributed by atoms with E-state index in [2.05, 4.69) is 51.1 Å². The lowest BCUT2D eigenvalue weighted by molar-refractivity contribution is 0.175. The van der Waals surface area contributed by atoms with E-state index in [4.69, 9.17) is 0 Å². The second-order valence-electron chi connectivity index (χ2n) is 5.41. The minimum absolute atomic E-state index is 0.316. The molecule has 2 aromatic carbocycles. The van der Waals surface area contributed by atoms with Crippen LogP contribution in [0.25, 0.3) is 0 Å². The number of aliphatic hydroxyl groups excluding tert-OH is 1. The summed E-state index contributed by atoms with van der Waals surface area (Å²) in [6.07, 6.45) is 1.12. The molecule has 0 spiro atoms. The SMILES string of the molecule is Cc1ccc(CC(O)Cc2ccccc2C)cc1C. The van der Waals surface area contributed by atoms with Crippen molar-refractivity contribution in [1.29, 1.82) is 0 Å². The molecule has 0 aliphatic rings. The molecule has 1 N–H and O–H groups in total. The highest BCUT2D eigenvalue weighted by Gasteiger charge is 2.09. The van der Waals surface area contributed by atoms with Crippen LogP contribution < -0.4 is 0 Å². The molecule has 0 aromatic heterocycles. The Kier molecular flexibility index (Phi) is 4.39. The molecule has 0 saturated heterocycles. The van der Waals surface area contributed by atoms with Crippen molar-refractivity contribution in [3.63, 3.8) is 0 Å². The Bertz CT molecular complexity index is 557. The van der Waals surface area contributed by atoms with Gasteiger partial charge in [-0.15, -0.1) is 0 Å². The van der Waals surface area contributed by atoms with E-state index in [-0.39, 0.29) is 6.10 Å². The van der Waals surface area contributed by atoms with Gasteiger partial charge in [-0.1, -0.05) is 42.5 Å². The molecule has 1 heteroatoms. The first-order chi connectivity index (χ1) is 9.06. The van der Waals surface area contributed by atoms with E-state index in [1.54, 1.807) is 0 Å². The predicted octanol–water partition coefficient (Wildman–Crippen LogP) is 3.76. The van der Waals surface area contributed by atoms with Crippen LogP contribution >= 0.6 is 0 Å². The highest BCUT2D eigenvalue weighted by atomic mass is 16.3. The lowest BCUT2D eigenvalue weighted by atomic mass is 9.97. The van der Waals surface area contributed by atoms with Crippen LogP contribution in [0.2, 0.25) is 0 Å². The molecule has 0 radical (unpaired) electrons. The number of aryl methyl sites for hydroxylation is 3. The molecule has 0 fully saturated rings. The van der Waals surface area contributed by atoms with Crippen molar-refractivity contribution < 1.29 is 5.11 Å². The fourth-order valence-corrected chi connectivity index (χ4v) is 2.37. The Morgan fingerprint density at radius 3 is 2.26 bits per heavy atom. The van der Waals surface area contributed by atoms with Crippen LogP contribution in [-0.2, 0) is 12.8 Å². The summed E-state index contributed by atoms with van der Waals surface area (Å²) < 4.78 is 0. The summed E-state index contributed by atoms with van der Waals surface area (Å²) in [7, 11) is 0. The largest absolute Gasteiger partial charge is 0.392 e. The monoisotopic (exact) mass is 254 g/mol. The Balaban J connectivity index is 2.03. The number of rotatable bonds is 4. The highest BCUT2D eigenvalue weighted by molar-refractivity contribution is 5.31. The van der Waals surface area contributed by atoms with E-state index in [0.29, 0.717) is 0 Å². The first-order valence-corrected chi connectivity index (χ1v) is 6.85. The molecule has 0 aliphatic heterocycles. The van der Waals surface area contributed by atoms with Gasteiger partial charge in [0.2, 0.25) is 0 Å². The molecular formula is C18H22O. The van der Waals surface area contributed by atoms with Gasteiger partial charge in [0, 0.05) is 0 Å². The maximum Gasteiger partial charge on any atom is 0.0620 e. The van der Waals surface area contributed by atoms with E-state index in [9.17, 15) is 5.11 Å². The van der Waals surface area contributed by atoms with Crippen LogP contribution in [0.15, 0.2) is 42.5 Å². The van der Waals surface area contributed by atoms with Gasteiger partial charge in [-0.05, 0) is 61.4 Å². The van der Waals surface area contributed by atoms with Gasteiger partial charge in [-0.3, -0.25) is 0 Å². The lowest BCUT2D eigenvalue weighted by Crippen LogP contribution is -2.14. The van der Waals surface area contributed by atoms with Crippen LogP contribution in [-0.4, -0.2) is 11.2 Å². The van der Waals surface area contributed by atoms with Crippen LogP contribution in [0.3, 0.4) is 0 Å². The second-order valence-corrected chi connectivity index (χ2v) is 5.41. The Morgan fingerprint density at radius 2 is 1.58 bits per heavy atom. The van der Waals surface area contributed by atoms with Crippen LogP contribution in [0.1, 0.15) is 27.8 Å². The third-order valence-corrected chi connectivity index (χ3v) is 3.76. The Morgan fingerprint density at radius 1 is 0.842 bits per heavy atom. The van der Waals surface area contributed by atoms with Crippen molar-refractivity contribution in [3.05, 3.63) is 70.3 Å². The summed E-state index contributed by atoms with van der Waals surface area (Å²) >= 11 is 0. The summed E-state index contributed by atoms with van der Waals surface area (Å²) in [4.78, 5) is 0. The van der Waals surface area contributed by atoms with Crippen molar-refractivity contribution in [2.45, 2.75) is 39.7 Å². The van der Waals surface area contributed by atoms with Crippen molar-refractivity contribution in [1.82, 2.24) is 0 Å². The van der Waals surface area contributed by atoms with Crippen LogP contribution in [0.5, 0.6) is 0 Å². The molecule has 100 valence electrons. The maximum absolute atomic E-state index is 10.2. The Hall–Kier alpha value is -1.60. The van der Waals surface area contributed by atoms with E-state index in [1.165, 1.54) is 27.8 Å². The van der Waals surface area contributed by atoms with E-state index in [1.807, 2.05) is 12.1 Å². The fraction of sp³-hybridized carbons (Fsp3) is 0.333. The predicted molar refractivity (Wildman–Crippen MR) is 80.5 cm³/mol. The number of aliphatic hydroxyl groups is 1. The molecule has 1 nitrogen and oxygen atoms in total. The van der Waals surface area contributed by atoms with Gasteiger partial charge in [-0.25, -0.2) is 0 Å². The average molecular weight is 254 g/mol. The topological polar surface area (TPSA) is 20.2 Å². The Labute approximate surface area is 115 Å². The van der Waals surface area contributed by atoms with Gasteiger partial charge in [-0.2, -0.15) is 0 Å². The van der Waals surface area contributed by atoms with Crippen molar-refractivity contribution >= 4 is 0 Å². The maximum atomic E-state index is 10.2. The summed E-state index contributed by atoms with van der Waals surface area (Å²) in [5, 5.41) is 10.2. The molecule has 0 bridgehead atoms. The molecule has 0 aliphatic carbocycles. The summed E-state index contributed by atoms with van der Waals surface area (Å²) in [6, 6.07) is 14.7. The summed E-state index contributed by atoms with van der Waals surface area (Å²) in [5.74, 6) is 0. The zero-order valence-corrected chi connectivity index (χ0v) is 12.0. The normalized spacial score (nSPS) is 12.4. The van der Waals surface area contributed by atoms with Gasteiger partial charge >= 0.3 is 0 Å². The first-order valence-electron chi connectivity index (χ1n) is 6.85. The molecule has 0 amide bonds. The van der Waals surface area contributed by atoms with Gasteiger partial charge in [0.15, 0.2) is 0 Å². The molecule has 2 aromatic rings. The standard InChI is InChI=1S/C18H22O/c1-13-8-9-16(10-15(13)3)11-18(19)12-17-7-5-4-6-14(17)2/h4-10,18-19H,11-12H2,1-3H3. The number of hydrogen-bond acceptors (Lipinski definition) is 1. The van der Waals surface area contributed by atoms with Crippen LogP contribution in [0.4, 0.5) is 0 Å². The fourth-order valence-electron chi connectivity index (χ4n) is 2.37. The number of benzene rings is 2. The molecule has 0 saturated carbocycles. The molecule has 0 heterocycles. The van der Waals surface area contributed by atoms with Gasteiger partial charge in [0.25, 0.3) is 0 Å². The average Bonchev–Trinajstić information content (AvgIpc) is 2.37. The van der Waals surface area contributed by atoms with Gasteiger partial charge in [0.05, 0.1) is 6.10 Å². The third-order valence-electron chi connectivity index (χ3n) is 3.76. The minimum Gasteiger partial charge on any atom is -0.392 e. The van der Waals surface area contributed by atoms with Crippen LogP contribution in [0, 0.1) is 20.8 Å². The van der Waals surface area contributed by atoms with E-state index < -0.39 is 0 Å². The molecule has 19 heavy (non-hydrogen) atoms. The zero-order chi connectivity index (χ0) is 13.8. The quantitative estimate of drug-likeness (QED) is 0.881. The summed E-state index contributed by atoms with van der Waals surface area (Å²) in [5.41, 5.74) is 6.29. The van der Waals surface area contributed by atoms with Crippen molar-refractivity contribution in [2.75, 3.05) is 0 Å². The molecular weight excluding hydrogens is 232 g/mol. The van der Waals surface area contributed by atoms with E-state index >= 15 is 0 Å². The third kappa shape index (κ3) is 3.68. The summed E-state index contributed by atoms with van der Waals surface area (Å²) in [6.45, 7) is 6.33.